The molecule has 0 atom stereocenters. The van der Waals surface area contributed by atoms with Gasteiger partial charge in [-0.15, -0.1) is 0 Å². The van der Waals surface area contributed by atoms with Crippen molar-refractivity contribution in [2.45, 2.75) is 6.18 Å². The van der Waals surface area contributed by atoms with Crippen molar-refractivity contribution in [1.29, 1.82) is 0 Å². The van der Waals surface area contributed by atoms with Gasteiger partial charge in [-0.25, -0.2) is 4.98 Å². The Kier molecular flexibility index (Phi) is 5.31. The molecule has 0 fully saturated rings. The fourth-order valence-electron chi connectivity index (χ4n) is 3.25. The lowest BCUT2D eigenvalue weighted by Gasteiger charge is -2.11. The van der Waals surface area contributed by atoms with Gasteiger partial charge >= 0.3 is 6.18 Å². The number of nitro benzene ring substituents is 1. The fourth-order valence-corrected chi connectivity index (χ4v) is 3.25. The minimum atomic E-state index is -4.49. The zero-order valence-corrected chi connectivity index (χ0v) is 16.3. The molecule has 0 spiro atoms. The van der Waals surface area contributed by atoms with Gasteiger partial charge in [-0.05, 0) is 42.0 Å². The Labute approximate surface area is 179 Å². The van der Waals surface area contributed by atoms with Crippen molar-refractivity contribution < 1.29 is 18.1 Å². The van der Waals surface area contributed by atoms with E-state index in [0.717, 1.165) is 12.1 Å². The Morgan fingerprint density at radius 1 is 0.938 bits per heavy atom. The summed E-state index contributed by atoms with van der Waals surface area (Å²) in [5.41, 5.74) is -0.612. The normalized spacial score (nSPS) is 11.8. The topological polar surface area (TPSA) is 78.0 Å². The summed E-state index contributed by atoms with van der Waals surface area (Å²) >= 11 is 0. The van der Waals surface area contributed by atoms with Crippen LogP contribution in [0.5, 0.6) is 0 Å². The summed E-state index contributed by atoms with van der Waals surface area (Å²) in [4.78, 5) is 28.3. The number of non-ortho nitro benzene ring substituents is 1. The zero-order valence-electron chi connectivity index (χ0n) is 16.3. The number of hydrogen-bond donors (Lipinski definition) is 0. The highest BCUT2D eigenvalue weighted by molar-refractivity contribution is 5.80. The van der Waals surface area contributed by atoms with Crippen molar-refractivity contribution >= 4 is 28.7 Å². The molecular weight excluding hydrogens is 423 g/mol. The summed E-state index contributed by atoms with van der Waals surface area (Å²) in [7, 11) is 0. The van der Waals surface area contributed by atoms with Crippen LogP contribution in [-0.2, 0) is 6.18 Å². The van der Waals surface area contributed by atoms with E-state index in [1.54, 1.807) is 24.3 Å². The van der Waals surface area contributed by atoms with Gasteiger partial charge in [0.25, 0.3) is 11.2 Å². The summed E-state index contributed by atoms with van der Waals surface area (Å²) in [5, 5.41) is 11.5. The van der Waals surface area contributed by atoms with Crippen LogP contribution in [0.25, 0.3) is 28.7 Å². The number of nitrogens with zero attached hydrogens (tertiary/aromatic N) is 3. The SMILES string of the molecule is O=c1c2ccccc2nc(/C=C\c2cccc(C(F)(F)F)c2)n1-c1cccc([N+](=O)[O-])c1. The van der Waals surface area contributed by atoms with Crippen LogP contribution in [0, 0.1) is 10.1 Å². The van der Waals surface area contributed by atoms with Crippen LogP contribution in [-0.4, -0.2) is 14.5 Å². The summed E-state index contributed by atoms with van der Waals surface area (Å²) in [5.74, 6) is 0.117. The van der Waals surface area contributed by atoms with E-state index in [1.165, 1.54) is 53.1 Å². The monoisotopic (exact) mass is 437 g/mol. The number of benzene rings is 3. The lowest BCUT2D eigenvalue weighted by Crippen LogP contribution is -2.22. The van der Waals surface area contributed by atoms with E-state index in [0.29, 0.717) is 10.9 Å². The number of fused-ring (bicyclic) bond motifs is 1. The van der Waals surface area contributed by atoms with Crippen LogP contribution >= 0.6 is 0 Å². The van der Waals surface area contributed by atoms with Gasteiger partial charge in [0, 0.05) is 12.1 Å². The lowest BCUT2D eigenvalue weighted by atomic mass is 10.1. The third kappa shape index (κ3) is 4.13. The van der Waals surface area contributed by atoms with Gasteiger partial charge in [-0.3, -0.25) is 19.5 Å². The second kappa shape index (κ2) is 8.10. The van der Waals surface area contributed by atoms with Crippen LogP contribution in [0.1, 0.15) is 17.0 Å². The first-order valence-electron chi connectivity index (χ1n) is 9.36. The Bertz CT molecular complexity index is 1430. The molecule has 6 nitrogen and oxygen atoms in total. The van der Waals surface area contributed by atoms with Gasteiger partial charge in [-0.2, -0.15) is 13.2 Å². The molecule has 0 bridgehead atoms. The first kappa shape index (κ1) is 21.0. The van der Waals surface area contributed by atoms with E-state index < -0.39 is 22.2 Å². The smallest absolute Gasteiger partial charge is 0.268 e. The molecule has 9 heteroatoms. The zero-order chi connectivity index (χ0) is 22.9. The average Bonchev–Trinajstić information content (AvgIpc) is 2.77. The third-order valence-corrected chi connectivity index (χ3v) is 4.74. The highest BCUT2D eigenvalue weighted by Crippen LogP contribution is 2.30. The maximum atomic E-state index is 13.2. The molecule has 0 aliphatic carbocycles. The molecule has 1 heterocycles. The number of para-hydroxylation sites is 1. The molecular formula is C23H14F3N3O3. The van der Waals surface area contributed by atoms with Crippen LogP contribution in [0.3, 0.4) is 0 Å². The average molecular weight is 437 g/mol. The van der Waals surface area contributed by atoms with Crippen molar-refractivity contribution in [3.8, 4) is 5.69 Å². The minimum absolute atomic E-state index is 0.117. The van der Waals surface area contributed by atoms with Crippen molar-refractivity contribution in [2.75, 3.05) is 0 Å². The standard InChI is InChI=1S/C23H14F3N3O3/c24-23(25,26)16-6-3-5-15(13-16)11-12-21-27-20-10-2-1-9-19(20)22(30)28(21)17-7-4-8-18(14-17)29(31)32/h1-14H/b12-11-. The number of rotatable bonds is 4. The number of hydrogen-bond acceptors (Lipinski definition) is 4. The summed E-state index contributed by atoms with van der Waals surface area (Å²) < 4.78 is 40.2. The van der Waals surface area contributed by atoms with Gasteiger partial charge in [-0.1, -0.05) is 36.4 Å². The first-order valence-corrected chi connectivity index (χ1v) is 9.36. The molecule has 4 aromatic rings. The van der Waals surface area contributed by atoms with E-state index in [1.807, 2.05) is 0 Å². The molecule has 0 radical (unpaired) electrons. The minimum Gasteiger partial charge on any atom is -0.268 e. The van der Waals surface area contributed by atoms with Crippen molar-refractivity contribution in [1.82, 2.24) is 9.55 Å². The predicted molar refractivity (Wildman–Crippen MR) is 114 cm³/mol. The third-order valence-electron chi connectivity index (χ3n) is 4.74. The largest absolute Gasteiger partial charge is 0.416 e. The molecule has 1 aromatic heterocycles. The molecule has 0 amide bonds. The van der Waals surface area contributed by atoms with Gasteiger partial charge in [0.05, 0.1) is 27.1 Å². The van der Waals surface area contributed by atoms with E-state index in [-0.39, 0.29) is 22.8 Å². The Hall–Kier alpha value is -4.27. The molecule has 32 heavy (non-hydrogen) atoms. The van der Waals surface area contributed by atoms with E-state index in [2.05, 4.69) is 4.98 Å². The maximum absolute atomic E-state index is 13.2. The molecule has 0 saturated heterocycles. The molecule has 0 aliphatic heterocycles. The second-order valence-electron chi connectivity index (χ2n) is 6.86. The Morgan fingerprint density at radius 2 is 1.69 bits per heavy atom. The second-order valence-corrected chi connectivity index (χ2v) is 6.86. The maximum Gasteiger partial charge on any atom is 0.416 e. The highest BCUT2D eigenvalue weighted by atomic mass is 19.4. The van der Waals surface area contributed by atoms with Crippen LogP contribution in [0.15, 0.2) is 77.6 Å². The first-order chi connectivity index (χ1) is 15.2. The number of aromatic nitrogens is 2. The quantitative estimate of drug-likeness (QED) is 0.313. The molecule has 3 aromatic carbocycles. The van der Waals surface area contributed by atoms with Crippen LogP contribution in [0.2, 0.25) is 0 Å². The molecule has 4 rings (SSSR count). The highest BCUT2D eigenvalue weighted by Gasteiger charge is 2.30. The van der Waals surface area contributed by atoms with Gasteiger partial charge in [0.15, 0.2) is 0 Å². The van der Waals surface area contributed by atoms with Crippen molar-refractivity contribution in [3.63, 3.8) is 0 Å². The number of alkyl halides is 3. The van der Waals surface area contributed by atoms with E-state index in [9.17, 15) is 28.1 Å². The lowest BCUT2D eigenvalue weighted by molar-refractivity contribution is -0.384. The molecule has 0 aliphatic rings. The number of nitro groups is 1. The Balaban J connectivity index is 1.90. The van der Waals surface area contributed by atoms with Crippen molar-refractivity contribution in [3.05, 3.63) is 110 Å². The van der Waals surface area contributed by atoms with Gasteiger partial charge in [0.2, 0.25) is 0 Å². The van der Waals surface area contributed by atoms with Gasteiger partial charge < -0.3 is 0 Å². The van der Waals surface area contributed by atoms with Crippen LogP contribution in [0.4, 0.5) is 18.9 Å². The van der Waals surface area contributed by atoms with E-state index >= 15 is 0 Å². The summed E-state index contributed by atoms with van der Waals surface area (Å²) in [6.07, 6.45) is -1.68. The summed E-state index contributed by atoms with van der Waals surface area (Å²) in [6.45, 7) is 0. The molecule has 0 saturated carbocycles. The Morgan fingerprint density at radius 3 is 2.44 bits per heavy atom. The summed E-state index contributed by atoms with van der Waals surface area (Å²) in [6, 6.07) is 16.8. The molecule has 0 N–H and O–H groups in total. The fraction of sp³-hybridized carbons (Fsp3) is 0.0435. The predicted octanol–water partition coefficient (Wildman–Crippen LogP) is 5.48. The molecule has 160 valence electrons. The van der Waals surface area contributed by atoms with Crippen molar-refractivity contribution in [2.24, 2.45) is 0 Å². The van der Waals surface area contributed by atoms with Gasteiger partial charge in [0.1, 0.15) is 5.82 Å². The molecule has 0 unspecified atom stereocenters. The number of halogens is 3. The van der Waals surface area contributed by atoms with Crippen LogP contribution < -0.4 is 5.56 Å². The van der Waals surface area contributed by atoms with E-state index in [4.69, 9.17) is 0 Å².